The van der Waals surface area contributed by atoms with Gasteiger partial charge in [0.1, 0.15) is 6.26 Å². The number of carbonyl (C=O) groups is 1. The van der Waals surface area contributed by atoms with Crippen LogP contribution in [0.15, 0.2) is 40.5 Å². The Labute approximate surface area is 122 Å². The second kappa shape index (κ2) is 6.24. The van der Waals surface area contributed by atoms with Crippen LogP contribution in [0, 0.1) is 0 Å². The maximum Gasteiger partial charge on any atom is 0.254 e. The van der Waals surface area contributed by atoms with Crippen LogP contribution in [0.1, 0.15) is 34.1 Å². The molecule has 0 saturated carbocycles. The average Bonchev–Trinajstić information content (AvgIpc) is 3.22. The molecule has 20 heavy (non-hydrogen) atoms. The van der Waals surface area contributed by atoms with Crippen molar-refractivity contribution in [1.29, 1.82) is 0 Å². The molecule has 106 valence electrons. The summed E-state index contributed by atoms with van der Waals surface area (Å²) in [5, 5.41) is 5.11. The van der Waals surface area contributed by atoms with Gasteiger partial charge in [0.25, 0.3) is 5.91 Å². The van der Waals surface area contributed by atoms with Gasteiger partial charge in [0.05, 0.1) is 17.9 Å². The fraction of sp³-hybridized carbons (Fsp3) is 0.400. The van der Waals surface area contributed by atoms with Crippen LogP contribution in [-0.2, 0) is 0 Å². The van der Waals surface area contributed by atoms with E-state index in [-0.39, 0.29) is 11.9 Å². The minimum atomic E-state index is -0.0699. The highest BCUT2D eigenvalue weighted by Gasteiger charge is 2.24. The highest BCUT2D eigenvalue weighted by atomic mass is 32.1. The van der Waals surface area contributed by atoms with Crippen molar-refractivity contribution in [3.63, 3.8) is 0 Å². The van der Waals surface area contributed by atoms with Crippen molar-refractivity contribution in [2.75, 3.05) is 19.6 Å². The van der Waals surface area contributed by atoms with Gasteiger partial charge in [0, 0.05) is 11.4 Å². The smallest absolute Gasteiger partial charge is 0.254 e. The van der Waals surface area contributed by atoms with Crippen molar-refractivity contribution in [1.82, 2.24) is 10.2 Å². The largest absolute Gasteiger partial charge is 0.472 e. The van der Waals surface area contributed by atoms with Gasteiger partial charge in [-0.05, 0) is 43.4 Å². The van der Waals surface area contributed by atoms with Crippen LogP contribution in [0.4, 0.5) is 0 Å². The third kappa shape index (κ3) is 2.94. The molecule has 4 nitrogen and oxygen atoms in total. The zero-order valence-electron chi connectivity index (χ0n) is 11.2. The van der Waals surface area contributed by atoms with E-state index >= 15 is 0 Å². The van der Waals surface area contributed by atoms with E-state index in [4.69, 9.17) is 4.42 Å². The Hall–Kier alpha value is -1.59. The van der Waals surface area contributed by atoms with Gasteiger partial charge in [-0.25, -0.2) is 0 Å². The maximum absolute atomic E-state index is 12.0. The summed E-state index contributed by atoms with van der Waals surface area (Å²) in [5.41, 5.74) is 0.580. The summed E-state index contributed by atoms with van der Waals surface area (Å²) in [6.07, 6.45) is 5.49. The number of nitrogens with one attached hydrogen (secondary N) is 1. The molecule has 0 spiro atoms. The summed E-state index contributed by atoms with van der Waals surface area (Å²) in [7, 11) is 0. The molecule has 0 radical (unpaired) electrons. The summed E-state index contributed by atoms with van der Waals surface area (Å²) in [4.78, 5) is 15.8. The number of rotatable bonds is 5. The molecule has 1 N–H and O–H groups in total. The fourth-order valence-electron chi connectivity index (χ4n) is 2.63. The Morgan fingerprint density at radius 3 is 2.90 bits per heavy atom. The lowest BCUT2D eigenvalue weighted by molar-refractivity contribution is 0.0938. The lowest BCUT2D eigenvalue weighted by atomic mass is 10.2. The summed E-state index contributed by atoms with van der Waals surface area (Å²) in [6, 6.07) is 6.19. The third-order valence-corrected chi connectivity index (χ3v) is 4.67. The second-order valence-electron chi connectivity index (χ2n) is 5.00. The van der Waals surface area contributed by atoms with Crippen molar-refractivity contribution in [2.45, 2.75) is 18.9 Å². The van der Waals surface area contributed by atoms with Gasteiger partial charge in [-0.2, -0.15) is 0 Å². The number of carbonyl (C=O) groups excluding carboxylic acids is 1. The Morgan fingerprint density at radius 2 is 2.25 bits per heavy atom. The monoisotopic (exact) mass is 290 g/mol. The van der Waals surface area contributed by atoms with E-state index in [0.29, 0.717) is 12.1 Å². The molecular weight excluding hydrogens is 272 g/mol. The molecule has 3 heterocycles. The van der Waals surface area contributed by atoms with E-state index in [2.05, 4.69) is 27.7 Å². The first-order valence-electron chi connectivity index (χ1n) is 6.92. The van der Waals surface area contributed by atoms with Gasteiger partial charge in [-0.1, -0.05) is 6.07 Å². The zero-order valence-corrected chi connectivity index (χ0v) is 12.1. The lowest BCUT2D eigenvalue weighted by Crippen LogP contribution is -2.36. The van der Waals surface area contributed by atoms with Crippen LogP contribution in [-0.4, -0.2) is 30.4 Å². The van der Waals surface area contributed by atoms with Crippen molar-refractivity contribution in [2.24, 2.45) is 0 Å². The quantitative estimate of drug-likeness (QED) is 0.921. The molecule has 1 aliphatic heterocycles. The zero-order chi connectivity index (χ0) is 13.8. The van der Waals surface area contributed by atoms with Crippen LogP contribution < -0.4 is 5.32 Å². The SMILES string of the molecule is O=C(NC[C@@H](c1cccs1)N1CCCC1)c1ccoc1. The Balaban J connectivity index is 1.66. The molecule has 0 unspecified atom stereocenters. The van der Waals surface area contributed by atoms with Gasteiger partial charge in [-0.15, -0.1) is 11.3 Å². The first-order chi connectivity index (χ1) is 9.84. The van der Waals surface area contributed by atoms with Gasteiger partial charge >= 0.3 is 0 Å². The summed E-state index contributed by atoms with van der Waals surface area (Å²) in [5.74, 6) is -0.0699. The molecule has 0 aliphatic carbocycles. The number of amides is 1. The van der Waals surface area contributed by atoms with E-state index in [1.54, 1.807) is 17.4 Å². The number of nitrogens with zero attached hydrogens (tertiary/aromatic N) is 1. The van der Waals surface area contributed by atoms with Crippen LogP contribution in [0.2, 0.25) is 0 Å². The van der Waals surface area contributed by atoms with Crippen molar-refractivity contribution in [3.05, 3.63) is 46.5 Å². The van der Waals surface area contributed by atoms with E-state index in [9.17, 15) is 4.79 Å². The Bertz CT molecular complexity index is 530. The van der Waals surface area contributed by atoms with E-state index < -0.39 is 0 Å². The summed E-state index contributed by atoms with van der Waals surface area (Å²) < 4.78 is 4.95. The number of hydrogen-bond acceptors (Lipinski definition) is 4. The first kappa shape index (κ1) is 13.4. The third-order valence-electron chi connectivity index (χ3n) is 3.69. The lowest BCUT2D eigenvalue weighted by Gasteiger charge is -2.26. The maximum atomic E-state index is 12.0. The van der Waals surface area contributed by atoms with Crippen LogP contribution in [0.3, 0.4) is 0 Å². The van der Waals surface area contributed by atoms with Crippen molar-refractivity contribution >= 4 is 17.2 Å². The second-order valence-corrected chi connectivity index (χ2v) is 5.98. The predicted molar refractivity (Wildman–Crippen MR) is 78.9 cm³/mol. The molecule has 2 aromatic rings. The molecule has 0 bridgehead atoms. The molecule has 5 heteroatoms. The van der Waals surface area contributed by atoms with Crippen molar-refractivity contribution in [3.8, 4) is 0 Å². The Kier molecular flexibility index (Phi) is 4.18. The van der Waals surface area contributed by atoms with E-state index in [0.717, 1.165) is 13.1 Å². The Morgan fingerprint density at radius 1 is 1.40 bits per heavy atom. The number of hydrogen-bond donors (Lipinski definition) is 1. The molecule has 1 aliphatic rings. The molecule has 1 atom stereocenters. The highest BCUT2D eigenvalue weighted by Crippen LogP contribution is 2.27. The van der Waals surface area contributed by atoms with Crippen LogP contribution >= 0.6 is 11.3 Å². The number of likely N-dealkylation sites (tertiary alicyclic amines) is 1. The molecular formula is C15H18N2O2S. The van der Waals surface area contributed by atoms with E-state index in [1.807, 2.05) is 0 Å². The van der Waals surface area contributed by atoms with Crippen LogP contribution in [0.25, 0.3) is 0 Å². The topological polar surface area (TPSA) is 45.5 Å². The standard InChI is InChI=1S/C15H18N2O2S/c18-15(12-5-8-19-11-12)16-10-13(14-4-3-9-20-14)17-6-1-2-7-17/h3-5,8-9,11,13H,1-2,6-7,10H2,(H,16,18)/t13-/m0/s1. The highest BCUT2D eigenvalue weighted by molar-refractivity contribution is 7.10. The normalized spacial score (nSPS) is 17.2. The molecule has 0 aromatic carbocycles. The van der Waals surface area contributed by atoms with Crippen LogP contribution in [0.5, 0.6) is 0 Å². The molecule has 2 aromatic heterocycles. The van der Waals surface area contributed by atoms with Gasteiger partial charge in [-0.3, -0.25) is 9.69 Å². The minimum absolute atomic E-state index is 0.0699. The fourth-order valence-corrected chi connectivity index (χ4v) is 3.49. The molecule has 3 rings (SSSR count). The molecule has 1 saturated heterocycles. The van der Waals surface area contributed by atoms with Gasteiger partial charge in [0.15, 0.2) is 0 Å². The summed E-state index contributed by atoms with van der Waals surface area (Å²) >= 11 is 1.76. The predicted octanol–water partition coefficient (Wildman–Crippen LogP) is 2.91. The minimum Gasteiger partial charge on any atom is -0.472 e. The average molecular weight is 290 g/mol. The van der Waals surface area contributed by atoms with E-state index in [1.165, 1.54) is 30.2 Å². The van der Waals surface area contributed by atoms with Crippen molar-refractivity contribution < 1.29 is 9.21 Å². The molecule has 1 amide bonds. The van der Waals surface area contributed by atoms with Gasteiger partial charge in [0.2, 0.25) is 0 Å². The van der Waals surface area contributed by atoms with Gasteiger partial charge < -0.3 is 9.73 Å². The number of thiophene rings is 1. The first-order valence-corrected chi connectivity index (χ1v) is 7.80. The summed E-state index contributed by atoms with van der Waals surface area (Å²) in [6.45, 7) is 2.87. The molecule has 1 fully saturated rings. The number of furan rings is 1.